The monoisotopic (exact) mass is 622 g/mol. The molecule has 45 heavy (non-hydrogen) atoms. The molecule has 3 fully saturated rings. The molecule has 9 nitrogen and oxygen atoms in total. The van der Waals surface area contributed by atoms with Crippen molar-refractivity contribution in [3.05, 3.63) is 94.0 Å². The number of rotatable bonds is 6. The Labute approximate surface area is 265 Å². The van der Waals surface area contributed by atoms with Gasteiger partial charge in [0, 0.05) is 71.7 Å². The minimum Gasteiger partial charge on any atom is -0.477 e. The molecule has 2 atom stereocenters. The summed E-state index contributed by atoms with van der Waals surface area (Å²) in [7, 11) is 0. The van der Waals surface area contributed by atoms with Gasteiger partial charge in [0.2, 0.25) is 0 Å². The number of thiophene rings is 1. The van der Waals surface area contributed by atoms with Crippen LogP contribution in [0.15, 0.2) is 66.9 Å². The molecule has 1 spiro atoms. The molecule has 2 aromatic heterocycles. The molecule has 0 bridgehead atoms. The van der Waals surface area contributed by atoms with Gasteiger partial charge in [-0.25, -0.2) is 9.78 Å². The molecule has 8 rings (SSSR count). The van der Waals surface area contributed by atoms with Crippen molar-refractivity contribution < 1.29 is 24.2 Å². The lowest BCUT2D eigenvalue weighted by atomic mass is 9.73. The topological polar surface area (TPSA) is 108 Å². The number of carboxylic acid groups (broad SMARTS) is 1. The standard InChI is InChI=1S/C35H34N4O5S/c1-21-16-26(31(36-18-21)38-19-35(20-38)11-14-43-15-12-35)29-32(44-29)37-24-8-6-22(7-9-24)33(40)39-13-10-23-17-28(34(41)42)45-30(23)25-4-2-3-5-27(25)39/h2-9,16-18,29,32,37H,10-15,19-20H2,1H3,(H,41,42). The number of fused-ring (bicyclic) bond motifs is 3. The Morgan fingerprint density at radius 2 is 1.84 bits per heavy atom. The number of amides is 1. The van der Waals surface area contributed by atoms with E-state index in [-0.39, 0.29) is 18.2 Å². The van der Waals surface area contributed by atoms with Crippen molar-refractivity contribution in [1.29, 1.82) is 0 Å². The van der Waals surface area contributed by atoms with Crippen LogP contribution in [0.5, 0.6) is 0 Å². The lowest BCUT2D eigenvalue weighted by molar-refractivity contribution is -0.000535. The van der Waals surface area contributed by atoms with Crippen LogP contribution in [0, 0.1) is 12.3 Å². The smallest absolute Gasteiger partial charge is 0.345 e. The number of nitrogens with one attached hydrogen (secondary N) is 1. The molecule has 1 amide bonds. The number of benzene rings is 2. The summed E-state index contributed by atoms with van der Waals surface area (Å²) in [5, 5.41) is 13.0. The lowest BCUT2D eigenvalue weighted by Gasteiger charge is -2.53. The summed E-state index contributed by atoms with van der Waals surface area (Å²) in [4.78, 5) is 35.6. The number of carbonyl (C=O) groups excluding carboxylic acids is 1. The molecule has 4 aliphatic heterocycles. The minimum atomic E-state index is -0.925. The highest BCUT2D eigenvalue weighted by Gasteiger charge is 2.48. The number of aryl methyl sites for hydroxylation is 1. The summed E-state index contributed by atoms with van der Waals surface area (Å²) in [6.07, 6.45) is 4.49. The van der Waals surface area contributed by atoms with E-state index in [0.29, 0.717) is 28.8 Å². The fourth-order valence-corrected chi connectivity index (χ4v) is 8.08. The van der Waals surface area contributed by atoms with Gasteiger partial charge in [0.1, 0.15) is 16.8 Å². The molecular weight excluding hydrogens is 588 g/mol. The molecule has 0 radical (unpaired) electrons. The van der Waals surface area contributed by atoms with Gasteiger partial charge in [-0.3, -0.25) is 4.79 Å². The van der Waals surface area contributed by atoms with Crippen molar-refractivity contribution in [3.63, 3.8) is 0 Å². The summed E-state index contributed by atoms with van der Waals surface area (Å²) < 4.78 is 11.7. The number of para-hydroxylation sites is 1. The van der Waals surface area contributed by atoms with Crippen LogP contribution in [0.25, 0.3) is 10.4 Å². The minimum absolute atomic E-state index is 0.0865. The van der Waals surface area contributed by atoms with E-state index in [1.807, 2.05) is 54.7 Å². The fraction of sp³-hybridized carbons (Fsp3) is 0.343. The van der Waals surface area contributed by atoms with E-state index in [9.17, 15) is 14.7 Å². The number of carbonyl (C=O) groups is 2. The third kappa shape index (κ3) is 5.16. The van der Waals surface area contributed by atoms with Crippen molar-refractivity contribution in [2.45, 2.75) is 38.5 Å². The molecule has 3 saturated heterocycles. The second kappa shape index (κ2) is 11.0. The summed E-state index contributed by atoms with van der Waals surface area (Å²) >= 11 is 1.26. The molecule has 0 saturated carbocycles. The number of anilines is 3. The molecule has 2 N–H and O–H groups in total. The van der Waals surface area contributed by atoms with E-state index in [4.69, 9.17) is 14.5 Å². The average molecular weight is 623 g/mol. The third-order valence-corrected chi connectivity index (χ3v) is 10.7. The summed E-state index contributed by atoms with van der Waals surface area (Å²) in [6, 6.07) is 19.2. The molecule has 230 valence electrons. The largest absolute Gasteiger partial charge is 0.477 e. The summed E-state index contributed by atoms with van der Waals surface area (Å²) in [6.45, 7) is 6.25. The van der Waals surface area contributed by atoms with E-state index in [1.165, 1.54) is 11.3 Å². The van der Waals surface area contributed by atoms with Crippen molar-refractivity contribution in [2.24, 2.45) is 5.41 Å². The zero-order chi connectivity index (χ0) is 30.7. The van der Waals surface area contributed by atoms with Gasteiger partial charge in [0.15, 0.2) is 6.23 Å². The quantitative estimate of drug-likeness (QED) is 0.247. The number of pyridine rings is 1. The summed E-state index contributed by atoms with van der Waals surface area (Å²) in [5.74, 6) is 0.000413. The van der Waals surface area contributed by atoms with E-state index in [0.717, 1.165) is 83.5 Å². The van der Waals surface area contributed by atoms with Gasteiger partial charge >= 0.3 is 5.97 Å². The van der Waals surface area contributed by atoms with Crippen LogP contribution >= 0.6 is 11.3 Å². The van der Waals surface area contributed by atoms with Crippen LogP contribution < -0.4 is 15.1 Å². The molecule has 2 unspecified atom stereocenters. The van der Waals surface area contributed by atoms with Crippen molar-refractivity contribution in [1.82, 2.24) is 4.98 Å². The van der Waals surface area contributed by atoms with E-state index in [1.54, 1.807) is 11.0 Å². The highest BCUT2D eigenvalue weighted by atomic mass is 32.1. The van der Waals surface area contributed by atoms with Crippen LogP contribution in [0.3, 0.4) is 0 Å². The van der Waals surface area contributed by atoms with Crippen LogP contribution in [0.2, 0.25) is 0 Å². The van der Waals surface area contributed by atoms with Crippen LogP contribution in [-0.2, 0) is 15.9 Å². The Bertz CT molecular complexity index is 1790. The Hall–Kier alpha value is -4.25. The first kappa shape index (κ1) is 28.2. The van der Waals surface area contributed by atoms with Gasteiger partial charge < -0.3 is 29.7 Å². The molecule has 2 aromatic carbocycles. The SMILES string of the molecule is Cc1cnc(N2CC3(CCOCC3)C2)c(C2OC2Nc2ccc(C(=O)N3CCc4cc(C(=O)O)sc4-c4ccccc43)cc2)c1. The van der Waals surface area contributed by atoms with Crippen molar-refractivity contribution in [2.75, 3.05) is 48.0 Å². The van der Waals surface area contributed by atoms with E-state index in [2.05, 4.69) is 23.2 Å². The number of epoxide rings is 1. The highest BCUT2D eigenvalue weighted by Crippen LogP contribution is 2.48. The number of nitrogens with zero attached hydrogens (tertiary/aromatic N) is 3. The first-order chi connectivity index (χ1) is 21.9. The predicted octanol–water partition coefficient (Wildman–Crippen LogP) is 6.15. The normalized spacial score (nSPS) is 21.4. The average Bonchev–Trinajstić information content (AvgIpc) is 3.70. The maximum Gasteiger partial charge on any atom is 0.345 e. The summed E-state index contributed by atoms with van der Waals surface area (Å²) in [5.41, 5.74) is 6.69. The molecule has 0 aliphatic carbocycles. The lowest BCUT2D eigenvalue weighted by Crippen LogP contribution is -2.59. The Kier molecular flexibility index (Phi) is 6.89. The maximum atomic E-state index is 13.8. The van der Waals surface area contributed by atoms with Crippen molar-refractivity contribution >= 4 is 40.4 Å². The fourth-order valence-electron chi connectivity index (χ4n) is 6.99. The number of hydrogen-bond donors (Lipinski definition) is 2. The van der Waals surface area contributed by atoms with E-state index < -0.39 is 5.97 Å². The number of hydrogen-bond acceptors (Lipinski definition) is 8. The predicted molar refractivity (Wildman–Crippen MR) is 173 cm³/mol. The second-order valence-electron chi connectivity index (χ2n) is 12.6. The van der Waals surface area contributed by atoms with Crippen molar-refractivity contribution in [3.8, 4) is 10.4 Å². The third-order valence-electron chi connectivity index (χ3n) is 9.49. The van der Waals surface area contributed by atoms with Gasteiger partial charge in [0.25, 0.3) is 5.91 Å². The molecule has 4 aromatic rings. The number of aromatic nitrogens is 1. The first-order valence-electron chi connectivity index (χ1n) is 15.5. The number of ether oxygens (including phenoxy) is 2. The number of carboxylic acids is 1. The Morgan fingerprint density at radius 3 is 2.62 bits per heavy atom. The number of aromatic carboxylic acids is 1. The molecular formula is C35H34N4O5S. The first-order valence-corrected chi connectivity index (χ1v) is 16.3. The highest BCUT2D eigenvalue weighted by molar-refractivity contribution is 7.17. The molecule has 6 heterocycles. The molecule has 10 heteroatoms. The second-order valence-corrected chi connectivity index (χ2v) is 13.6. The zero-order valence-electron chi connectivity index (χ0n) is 25.0. The maximum absolute atomic E-state index is 13.8. The Balaban J connectivity index is 0.956. The molecule has 4 aliphatic rings. The van der Waals surface area contributed by atoms with Crippen LogP contribution in [0.4, 0.5) is 17.2 Å². The van der Waals surface area contributed by atoms with Gasteiger partial charge in [-0.1, -0.05) is 18.2 Å². The van der Waals surface area contributed by atoms with Gasteiger partial charge in [-0.15, -0.1) is 11.3 Å². The Morgan fingerprint density at radius 1 is 1.07 bits per heavy atom. The van der Waals surface area contributed by atoms with E-state index >= 15 is 0 Å². The van der Waals surface area contributed by atoms with Gasteiger partial charge in [-0.05, 0) is 79.8 Å². The van der Waals surface area contributed by atoms with Crippen LogP contribution in [0.1, 0.15) is 55.7 Å². The van der Waals surface area contributed by atoms with Gasteiger partial charge in [-0.2, -0.15) is 0 Å². The van der Waals surface area contributed by atoms with Gasteiger partial charge in [0.05, 0.1) is 5.69 Å². The zero-order valence-corrected chi connectivity index (χ0v) is 25.8. The van der Waals surface area contributed by atoms with Crippen LogP contribution in [-0.4, -0.2) is 61.0 Å².